The minimum Gasteiger partial charge on any atom is -0.496 e. The van der Waals surface area contributed by atoms with Crippen LogP contribution in [0.5, 0.6) is 5.75 Å². The van der Waals surface area contributed by atoms with Crippen molar-refractivity contribution in [2.24, 2.45) is 23.2 Å². The number of rotatable bonds is 5. The molecule has 0 radical (unpaired) electrons. The first kappa shape index (κ1) is 20.8. The van der Waals surface area contributed by atoms with Gasteiger partial charge in [0.1, 0.15) is 23.6 Å². The van der Waals surface area contributed by atoms with E-state index in [0.29, 0.717) is 17.1 Å². The molecule has 174 valence electrons. The molecule has 4 fully saturated rings. The van der Waals surface area contributed by atoms with Crippen LogP contribution < -0.4 is 15.6 Å². The summed E-state index contributed by atoms with van der Waals surface area (Å²) in [5, 5.41) is 8.60. The van der Waals surface area contributed by atoms with E-state index in [1.54, 1.807) is 7.11 Å². The lowest BCUT2D eigenvalue weighted by Crippen LogP contribution is -2.56. The van der Waals surface area contributed by atoms with Gasteiger partial charge in [-0.25, -0.2) is 4.68 Å². The summed E-state index contributed by atoms with van der Waals surface area (Å²) in [5.74, 6) is 3.75. The monoisotopic (exact) mass is 448 g/mol. The van der Waals surface area contributed by atoms with Crippen molar-refractivity contribution in [3.05, 3.63) is 40.4 Å². The van der Waals surface area contributed by atoms with Crippen molar-refractivity contribution in [1.82, 2.24) is 19.5 Å². The molecule has 0 saturated heterocycles. The van der Waals surface area contributed by atoms with Crippen LogP contribution in [0.1, 0.15) is 51.3 Å². The number of ether oxygens (including phenoxy) is 1. The maximum absolute atomic E-state index is 13.3. The standard InChI is InChI=1S/C26H32N4O3/c1-15(26-11-17-7-18(12-26)9-19(8-17)13-26)27-24(31)14-29-25(32)22-10-20-21(30(22)16(2)28-29)5-4-6-23(20)33-3/h4-6,10,15,17-19H,7-9,11-14H2,1-3H3,(H,27,31). The minimum atomic E-state index is -0.267. The number of nitrogens with one attached hydrogen (secondary N) is 1. The van der Waals surface area contributed by atoms with Crippen LogP contribution in [-0.2, 0) is 11.3 Å². The molecule has 7 rings (SSSR count). The zero-order valence-corrected chi connectivity index (χ0v) is 19.6. The first-order chi connectivity index (χ1) is 15.9. The van der Waals surface area contributed by atoms with E-state index in [4.69, 9.17) is 4.74 Å². The molecule has 3 aromatic rings. The second-order valence-corrected chi connectivity index (χ2v) is 10.8. The molecule has 7 nitrogen and oxygen atoms in total. The molecule has 7 heteroatoms. The number of carbonyl (C=O) groups excluding carboxylic acids is 1. The molecule has 1 aromatic carbocycles. The van der Waals surface area contributed by atoms with Crippen LogP contribution in [0.4, 0.5) is 0 Å². The van der Waals surface area contributed by atoms with Crippen LogP contribution in [0.15, 0.2) is 29.1 Å². The maximum Gasteiger partial charge on any atom is 0.291 e. The molecule has 1 unspecified atom stereocenters. The van der Waals surface area contributed by atoms with Gasteiger partial charge in [-0.1, -0.05) is 6.07 Å². The van der Waals surface area contributed by atoms with E-state index in [9.17, 15) is 9.59 Å². The van der Waals surface area contributed by atoms with E-state index in [2.05, 4.69) is 17.3 Å². The van der Waals surface area contributed by atoms with Crippen molar-refractivity contribution >= 4 is 22.3 Å². The Bertz CT molecular complexity index is 1290. The van der Waals surface area contributed by atoms with Crippen molar-refractivity contribution in [1.29, 1.82) is 0 Å². The summed E-state index contributed by atoms with van der Waals surface area (Å²) < 4.78 is 8.61. The van der Waals surface area contributed by atoms with Crippen molar-refractivity contribution in [3.63, 3.8) is 0 Å². The second-order valence-electron chi connectivity index (χ2n) is 10.8. The second kappa shape index (κ2) is 7.34. The summed E-state index contributed by atoms with van der Waals surface area (Å²) in [7, 11) is 1.62. The third-order valence-corrected chi connectivity index (χ3v) is 8.74. The van der Waals surface area contributed by atoms with Crippen LogP contribution in [0.2, 0.25) is 0 Å². The summed E-state index contributed by atoms with van der Waals surface area (Å²) >= 11 is 0. The van der Waals surface area contributed by atoms with Gasteiger partial charge < -0.3 is 10.1 Å². The number of methoxy groups -OCH3 is 1. The predicted octanol–water partition coefficient (Wildman–Crippen LogP) is 3.69. The molecule has 4 bridgehead atoms. The topological polar surface area (TPSA) is 77.6 Å². The van der Waals surface area contributed by atoms with Gasteiger partial charge in [0.05, 0.1) is 12.6 Å². The van der Waals surface area contributed by atoms with E-state index in [1.165, 1.54) is 43.2 Å². The number of hydrogen-bond acceptors (Lipinski definition) is 4. The minimum absolute atomic E-state index is 0.0639. The Balaban J connectivity index is 1.27. The maximum atomic E-state index is 13.3. The largest absolute Gasteiger partial charge is 0.496 e. The molecule has 33 heavy (non-hydrogen) atoms. The molecule has 1 amide bonds. The molecule has 4 aliphatic carbocycles. The van der Waals surface area contributed by atoms with Crippen molar-refractivity contribution < 1.29 is 9.53 Å². The van der Waals surface area contributed by atoms with Crippen LogP contribution in [-0.4, -0.2) is 33.2 Å². The predicted molar refractivity (Wildman–Crippen MR) is 126 cm³/mol. The molecule has 0 aliphatic heterocycles. The first-order valence-corrected chi connectivity index (χ1v) is 12.2. The zero-order chi connectivity index (χ0) is 22.9. The Hall–Kier alpha value is -2.83. The van der Waals surface area contributed by atoms with Crippen LogP contribution in [0.3, 0.4) is 0 Å². The van der Waals surface area contributed by atoms with Crippen LogP contribution >= 0.6 is 0 Å². The van der Waals surface area contributed by atoms with Gasteiger partial charge in [-0.2, -0.15) is 5.10 Å². The number of aryl methyl sites for hydroxylation is 1. The summed E-state index contributed by atoms with van der Waals surface area (Å²) in [6.45, 7) is 3.96. The molecule has 4 saturated carbocycles. The zero-order valence-electron chi connectivity index (χ0n) is 19.6. The Kier molecular flexibility index (Phi) is 4.61. The van der Waals surface area contributed by atoms with Gasteiger partial charge in [0.15, 0.2) is 0 Å². The first-order valence-electron chi connectivity index (χ1n) is 12.2. The number of amides is 1. The van der Waals surface area contributed by atoms with E-state index < -0.39 is 0 Å². The Labute approximate surface area is 193 Å². The van der Waals surface area contributed by atoms with E-state index >= 15 is 0 Å². The van der Waals surface area contributed by atoms with Gasteiger partial charge >= 0.3 is 0 Å². The average molecular weight is 449 g/mol. The lowest BCUT2D eigenvalue weighted by molar-refractivity contribution is -0.126. The van der Waals surface area contributed by atoms with Gasteiger partial charge in [-0.15, -0.1) is 0 Å². The number of nitrogens with zero attached hydrogens (tertiary/aromatic N) is 3. The molecule has 2 aromatic heterocycles. The Morgan fingerprint density at radius 1 is 1.18 bits per heavy atom. The molecule has 1 N–H and O–H groups in total. The highest BCUT2D eigenvalue weighted by Crippen LogP contribution is 2.61. The van der Waals surface area contributed by atoms with E-state index in [-0.39, 0.29) is 29.5 Å². The lowest BCUT2D eigenvalue weighted by Gasteiger charge is -2.59. The lowest BCUT2D eigenvalue weighted by atomic mass is 9.48. The van der Waals surface area contributed by atoms with Crippen LogP contribution in [0.25, 0.3) is 16.4 Å². The average Bonchev–Trinajstić information content (AvgIpc) is 3.17. The number of carbonyl (C=O) groups is 1. The van der Waals surface area contributed by atoms with E-state index in [0.717, 1.165) is 28.7 Å². The molecular weight excluding hydrogens is 416 g/mol. The SMILES string of the molecule is COc1cccc2c1cc1c(=O)n(CC(=O)NC(C)C34CC5CC(CC(C5)C3)C4)nc(C)n12. The molecule has 0 spiro atoms. The summed E-state index contributed by atoms with van der Waals surface area (Å²) in [5.41, 5.74) is 1.34. The van der Waals surface area contributed by atoms with Gasteiger partial charge in [-0.3, -0.25) is 14.0 Å². The van der Waals surface area contributed by atoms with E-state index in [1.807, 2.05) is 35.6 Å². The summed E-state index contributed by atoms with van der Waals surface area (Å²) in [6, 6.07) is 7.68. The van der Waals surface area contributed by atoms with Crippen molar-refractivity contribution in [2.75, 3.05) is 7.11 Å². The number of aromatic nitrogens is 3. The molecule has 4 aliphatic rings. The summed E-state index contributed by atoms with van der Waals surface area (Å²) in [4.78, 5) is 26.3. The third-order valence-electron chi connectivity index (χ3n) is 8.74. The van der Waals surface area contributed by atoms with Gasteiger partial charge in [0.2, 0.25) is 5.91 Å². The highest BCUT2D eigenvalue weighted by atomic mass is 16.5. The number of benzene rings is 1. The molecule has 1 atom stereocenters. The third kappa shape index (κ3) is 3.19. The highest BCUT2D eigenvalue weighted by molar-refractivity contribution is 5.92. The fraction of sp³-hybridized carbons (Fsp3) is 0.577. The molecule has 2 heterocycles. The fourth-order valence-corrected chi connectivity index (χ4v) is 7.68. The normalized spacial score (nSPS) is 29.0. The van der Waals surface area contributed by atoms with Crippen LogP contribution in [0, 0.1) is 30.1 Å². The Morgan fingerprint density at radius 2 is 1.85 bits per heavy atom. The highest BCUT2D eigenvalue weighted by Gasteiger charge is 2.53. The smallest absolute Gasteiger partial charge is 0.291 e. The van der Waals surface area contributed by atoms with Gasteiger partial charge in [0, 0.05) is 11.4 Å². The van der Waals surface area contributed by atoms with Gasteiger partial charge in [0.25, 0.3) is 5.56 Å². The Morgan fingerprint density at radius 3 is 2.48 bits per heavy atom. The van der Waals surface area contributed by atoms with Gasteiger partial charge in [-0.05, 0) is 93.7 Å². The summed E-state index contributed by atoms with van der Waals surface area (Å²) in [6.07, 6.45) is 7.87. The number of fused-ring (bicyclic) bond motifs is 3. The fourth-order valence-electron chi connectivity index (χ4n) is 7.68. The van der Waals surface area contributed by atoms with Crippen molar-refractivity contribution in [3.8, 4) is 5.75 Å². The quantitative estimate of drug-likeness (QED) is 0.646. The number of hydrogen-bond donors (Lipinski definition) is 1. The molecular formula is C26H32N4O3. The van der Waals surface area contributed by atoms with Crippen molar-refractivity contribution in [2.45, 2.75) is 65.0 Å².